The van der Waals surface area contributed by atoms with Gasteiger partial charge < -0.3 is 15.5 Å². The van der Waals surface area contributed by atoms with E-state index in [2.05, 4.69) is 15.5 Å². The topological polar surface area (TPSA) is 155 Å². The fraction of sp³-hybridized carbons (Fsp3) is 0.280. The number of rotatable bonds is 11. The van der Waals surface area contributed by atoms with Crippen LogP contribution in [-0.2, 0) is 32.0 Å². The molecule has 2 atom stereocenters. The molecule has 0 radical (unpaired) electrons. The van der Waals surface area contributed by atoms with Gasteiger partial charge in [0.1, 0.15) is 22.9 Å². The predicted octanol–water partition coefficient (Wildman–Crippen LogP) is 2.42. The Balaban J connectivity index is 1.32. The van der Waals surface area contributed by atoms with Gasteiger partial charge in [-0.05, 0) is 29.2 Å². The summed E-state index contributed by atoms with van der Waals surface area (Å²) < 4.78 is 1.77. The normalized spacial score (nSPS) is 18.5. The van der Waals surface area contributed by atoms with Crippen molar-refractivity contribution >= 4 is 58.6 Å². The van der Waals surface area contributed by atoms with Crippen molar-refractivity contribution < 1.29 is 29.4 Å². The lowest BCUT2D eigenvalue weighted by atomic mass is 10.0. The fourth-order valence-corrected chi connectivity index (χ4v) is 7.51. The summed E-state index contributed by atoms with van der Waals surface area (Å²) in [5.41, 5.74) is 1.24. The number of thioether (sulfide) groups is 2. The molecule has 14 heteroatoms. The highest BCUT2D eigenvalue weighted by Crippen LogP contribution is 2.41. The first-order chi connectivity index (χ1) is 18.8. The number of β-lactam (4-membered cyclic amide) rings is 1. The van der Waals surface area contributed by atoms with Crippen molar-refractivity contribution in [3.05, 3.63) is 69.8 Å². The molecule has 1 saturated heterocycles. The van der Waals surface area contributed by atoms with E-state index in [9.17, 15) is 24.3 Å². The van der Waals surface area contributed by atoms with E-state index in [0.29, 0.717) is 22.3 Å². The molecule has 0 bridgehead atoms. The molecule has 1 unspecified atom stereocenters. The van der Waals surface area contributed by atoms with Gasteiger partial charge in [0, 0.05) is 28.5 Å². The Hall–Kier alpha value is -3.62. The molecule has 0 spiro atoms. The van der Waals surface area contributed by atoms with Crippen molar-refractivity contribution in [2.45, 2.75) is 35.8 Å². The maximum absolute atomic E-state index is 13.0. The van der Waals surface area contributed by atoms with Crippen LogP contribution >= 0.6 is 34.9 Å². The lowest BCUT2D eigenvalue weighted by molar-refractivity contribution is -0.150. The van der Waals surface area contributed by atoms with Crippen LogP contribution in [0.2, 0.25) is 0 Å². The number of carbonyl (C=O) groups is 4. The average Bonchev–Trinajstić information content (AvgIpc) is 3.58. The highest BCUT2D eigenvalue weighted by atomic mass is 32.2. The second-order valence-electron chi connectivity index (χ2n) is 8.72. The average molecular weight is 586 g/mol. The van der Waals surface area contributed by atoms with Crippen molar-refractivity contribution in [1.29, 1.82) is 0 Å². The number of carboxylic acids is 2. The van der Waals surface area contributed by atoms with Crippen LogP contribution < -0.4 is 5.32 Å². The summed E-state index contributed by atoms with van der Waals surface area (Å²) in [6.45, 7) is 0. The van der Waals surface area contributed by atoms with Gasteiger partial charge >= 0.3 is 11.9 Å². The molecule has 2 aliphatic heterocycles. The molecule has 1 fully saturated rings. The number of amides is 2. The number of fused-ring (bicyclic) bond motifs is 1. The maximum atomic E-state index is 13.0. The Morgan fingerprint density at radius 3 is 2.59 bits per heavy atom. The van der Waals surface area contributed by atoms with Gasteiger partial charge in [-0.15, -0.1) is 33.3 Å². The Labute approximate surface area is 235 Å². The van der Waals surface area contributed by atoms with E-state index in [4.69, 9.17) is 5.11 Å². The summed E-state index contributed by atoms with van der Waals surface area (Å²) in [5.74, 6) is -1.80. The van der Waals surface area contributed by atoms with E-state index in [1.807, 2.05) is 47.8 Å². The van der Waals surface area contributed by atoms with Gasteiger partial charge in [-0.25, -0.2) is 4.79 Å². The van der Waals surface area contributed by atoms with E-state index >= 15 is 0 Å². The highest BCUT2D eigenvalue weighted by molar-refractivity contribution is 8.01. The van der Waals surface area contributed by atoms with Gasteiger partial charge in [-0.3, -0.25) is 23.9 Å². The van der Waals surface area contributed by atoms with Crippen LogP contribution in [0.25, 0.3) is 5.69 Å². The van der Waals surface area contributed by atoms with Crippen LogP contribution in [0.1, 0.15) is 17.1 Å². The van der Waals surface area contributed by atoms with Crippen LogP contribution in [0, 0.1) is 0 Å². The number of carbonyl (C=O) groups excluding carboxylic acids is 2. The number of carboxylic acid groups (broad SMARTS) is 2. The molecule has 0 saturated carbocycles. The molecule has 3 N–H and O–H groups in total. The third-order valence-electron chi connectivity index (χ3n) is 6.13. The number of nitrogens with zero attached hydrogens (tertiary/aromatic N) is 4. The Morgan fingerprint density at radius 1 is 1.10 bits per heavy atom. The second kappa shape index (κ2) is 11.6. The number of benzene rings is 1. The Kier molecular flexibility index (Phi) is 8.04. The molecule has 3 aromatic rings. The fourth-order valence-electron chi connectivity index (χ4n) is 4.35. The standard InChI is InChI=1S/C25H23N5O6S3/c31-18(11-16-7-4-10-37-16)26-20-22(34)30-21(24(35)36)14(12-38-23(20)30)13-39-25-28-27-17(8-9-19(32)33)29(25)15-5-2-1-3-6-15/h1-7,10,20,23H,8-9,11-13H2,(H,26,31)(H,32,33)(H,35,36)/t20?,23-/m0/s1. The summed E-state index contributed by atoms with van der Waals surface area (Å²) in [7, 11) is 0. The first kappa shape index (κ1) is 27.0. The Morgan fingerprint density at radius 2 is 1.90 bits per heavy atom. The van der Waals surface area contributed by atoms with E-state index in [-0.39, 0.29) is 36.6 Å². The smallest absolute Gasteiger partial charge is 0.352 e. The molecule has 2 amide bonds. The second-order valence-corrected chi connectivity index (χ2v) is 11.8. The number of hydrogen-bond donors (Lipinski definition) is 3. The van der Waals surface area contributed by atoms with Crippen LogP contribution in [0.5, 0.6) is 0 Å². The summed E-state index contributed by atoms with van der Waals surface area (Å²) >= 11 is 4.13. The zero-order valence-electron chi connectivity index (χ0n) is 20.4. The molecule has 11 nitrogen and oxygen atoms in total. The molecule has 5 rings (SSSR count). The zero-order valence-corrected chi connectivity index (χ0v) is 22.8. The maximum Gasteiger partial charge on any atom is 0.352 e. The SMILES string of the molecule is O=C(O)CCc1nnc(SCC2=C(C(=O)O)N3C(=O)C(NC(=O)Cc4cccs4)[C@@H]3SC2)n1-c1ccccc1. The lowest BCUT2D eigenvalue weighted by Crippen LogP contribution is -2.70. The predicted molar refractivity (Wildman–Crippen MR) is 146 cm³/mol. The third kappa shape index (κ3) is 5.72. The quantitative estimate of drug-likeness (QED) is 0.226. The molecule has 1 aromatic carbocycles. The monoisotopic (exact) mass is 585 g/mol. The molecular weight excluding hydrogens is 563 g/mol. The van der Waals surface area contributed by atoms with E-state index in [1.165, 1.54) is 39.8 Å². The van der Waals surface area contributed by atoms with Crippen LogP contribution in [0.15, 0.2) is 64.3 Å². The number of aliphatic carboxylic acids is 2. The van der Waals surface area contributed by atoms with Gasteiger partial charge in [0.2, 0.25) is 5.91 Å². The molecule has 0 aliphatic carbocycles. The Bertz CT molecular complexity index is 1440. The number of hydrogen-bond acceptors (Lipinski definition) is 9. The minimum Gasteiger partial charge on any atom is -0.481 e. The number of nitrogens with one attached hydrogen (secondary N) is 1. The van der Waals surface area contributed by atoms with Gasteiger partial charge in [-0.1, -0.05) is 36.0 Å². The van der Waals surface area contributed by atoms with Crippen molar-refractivity contribution in [3.8, 4) is 5.69 Å². The zero-order chi connectivity index (χ0) is 27.5. The molecule has 2 aliphatic rings. The van der Waals surface area contributed by atoms with Crippen molar-refractivity contribution in [2.24, 2.45) is 0 Å². The van der Waals surface area contributed by atoms with E-state index < -0.39 is 29.3 Å². The number of aryl methyl sites for hydroxylation is 1. The van der Waals surface area contributed by atoms with Gasteiger partial charge in [0.25, 0.3) is 5.91 Å². The largest absolute Gasteiger partial charge is 0.481 e. The van der Waals surface area contributed by atoms with Gasteiger partial charge in [0.05, 0.1) is 12.8 Å². The van der Waals surface area contributed by atoms with Gasteiger partial charge in [0.15, 0.2) is 5.16 Å². The van der Waals surface area contributed by atoms with Crippen molar-refractivity contribution in [1.82, 2.24) is 25.0 Å². The summed E-state index contributed by atoms with van der Waals surface area (Å²) in [6.07, 6.45) is 0.239. The minimum absolute atomic E-state index is 0.0723. The summed E-state index contributed by atoms with van der Waals surface area (Å²) in [4.78, 5) is 50.9. The molecule has 2 aromatic heterocycles. The molecule has 39 heavy (non-hydrogen) atoms. The highest BCUT2D eigenvalue weighted by Gasteiger charge is 2.54. The summed E-state index contributed by atoms with van der Waals surface area (Å²) in [6, 6.07) is 12.2. The van der Waals surface area contributed by atoms with Crippen LogP contribution in [-0.4, -0.2) is 76.6 Å². The number of para-hydroxylation sites is 1. The first-order valence-electron chi connectivity index (χ1n) is 11.9. The van der Waals surface area contributed by atoms with Crippen molar-refractivity contribution in [3.63, 3.8) is 0 Å². The van der Waals surface area contributed by atoms with Crippen LogP contribution in [0.4, 0.5) is 0 Å². The first-order valence-corrected chi connectivity index (χ1v) is 14.8. The van der Waals surface area contributed by atoms with Crippen molar-refractivity contribution in [2.75, 3.05) is 11.5 Å². The minimum atomic E-state index is -1.21. The molecular formula is C25H23N5O6S3. The molecule has 4 heterocycles. The van der Waals surface area contributed by atoms with Crippen LogP contribution in [0.3, 0.4) is 0 Å². The van der Waals surface area contributed by atoms with E-state index in [0.717, 1.165) is 10.6 Å². The van der Waals surface area contributed by atoms with E-state index in [1.54, 1.807) is 4.57 Å². The number of thiophene rings is 1. The molecule has 202 valence electrons. The van der Waals surface area contributed by atoms with Gasteiger partial charge in [-0.2, -0.15) is 0 Å². The summed E-state index contributed by atoms with van der Waals surface area (Å²) in [5, 5.41) is 32.2. The third-order valence-corrected chi connectivity index (χ3v) is 9.37. The number of aromatic nitrogens is 3. The lowest BCUT2D eigenvalue weighted by Gasteiger charge is -2.49.